The molecule has 0 bridgehead atoms. The van der Waals surface area contributed by atoms with Crippen LogP contribution in [0.15, 0.2) is 30.5 Å². The average molecular weight is 243 g/mol. The second-order valence-corrected chi connectivity index (χ2v) is 4.75. The Morgan fingerprint density at radius 3 is 2.56 bits per heavy atom. The molecule has 0 spiro atoms. The van der Waals surface area contributed by atoms with Crippen LogP contribution in [-0.2, 0) is 0 Å². The number of rotatable bonds is 3. The van der Waals surface area contributed by atoms with E-state index < -0.39 is 0 Å². The first-order valence-electron chi connectivity index (χ1n) is 6.43. The van der Waals surface area contributed by atoms with E-state index in [0.717, 1.165) is 17.0 Å². The van der Waals surface area contributed by atoms with Gasteiger partial charge in [0.15, 0.2) is 0 Å². The van der Waals surface area contributed by atoms with Crippen LogP contribution in [0.3, 0.4) is 0 Å². The zero-order valence-corrected chi connectivity index (χ0v) is 10.5. The molecule has 1 fully saturated rings. The lowest BCUT2D eigenvalue weighted by atomic mass is 10.1. The van der Waals surface area contributed by atoms with Crippen molar-refractivity contribution in [3.05, 3.63) is 30.5 Å². The third-order valence-corrected chi connectivity index (χ3v) is 3.59. The topological polar surface area (TPSA) is 39.9 Å². The normalized spacial score (nSPS) is 16.1. The van der Waals surface area contributed by atoms with Gasteiger partial charge in [-0.2, -0.15) is 0 Å². The first-order chi connectivity index (χ1) is 8.86. The van der Waals surface area contributed by atoms with Crippen molar-refractivity contribution in [1.82, 2.24) is 15.0 Å². The van der Waals surface area contributed by atoms with Gasteiger partial charge in [0.2, 0.25) is 0 Å². The smallest absolute Gasteiger partial charge is 0.118 e. The van der Waals surface area contributed by atoms with Gasteiger partial charge in [-0.25, -0.2) is 4.68 Å². The van der Waals surface area contributed by atoms with Crippen molar-refractivity contribution in [3.8, 4) is 17.0 Å². The zero-order chi connectivity index (χ0) is 12.4. The highest BCUT2D eigenvalue weighted by atomic mass is 16.5. The molecule has 3 rings (SSSR count). The Morgan fingerprint density at radius 2 is 1.89 bits per heavy atom. The average Bonchev–Trinajstić information content (AvgIpc) is 3.09. The molecule has 0 amide bonds. The molecule has 1 aliphatic carbocycles. The van der Waals surface area contributed by atoms with Gasteiger partial charge in [-0.15, -0.1) is 5.10 Å². The van der Waals surface area contributed by atoms with Gasteiger partial charge in [0.25, 0.3) is 0 Å². The van der Waals surface area contributed by atoms with Crippen molar-refractivity contribution in [2.24, 2.45) is 0 Å². The quantitative estimate of drug-likeness (QED) is 0.831. The fourth-order valence-corrected chi connectivity index (χ4v) is 2.52. The fraction of sp³-hybridized carbons (Fsp3) is 0.429. The Hall–Kier alpha value is -1.84. The van der Waals surface area contributed by atoms with Crippen LogP contribution in [0.4, 0.5) is 0 Å². The summed E-state index contributed by atoms with van der Waals surface area (Å²) in [6.07, 6.45) is 7.12. The predicted octanol–water partition coefficient (Wildman–Crippen LogP) is 3.07. The van der Waals surface area contributed by atoms with Crippen LogP contribution in [0, 0.1) is 0 Å². The van der Waals surface area contributed by atoms with Gasteiger partial charge >= 0.3 is 0 Å². The second kappa shape index (κ2) is 4.80. The van der Waals surface area contributed by atoms with Gasteiger partial charge in [0.05, 0.1) is 19.3 Å². The molecule has 0 radical (unpaired) electrons. The molecule has 18 heavy (non-hydrogen) atoms. The molecule has 0 unspecified atom stereocenters. The number of benzene rings is 1. The lowest BCUT2D eigenvalue weighted by molar-refractivity contribution is 0.415. The van der Waals surface area contributed by atoms with E-state index in [1.54, 1.807) is 7.11 Å². The molecule has 1 aromatic carbocycles. The minimum atomic E-state index is 0.546. The summed E-state index contributed by atoms with van der Waals surface area (Å²) >= 11 is 0. The van der Waals surface area contributed by atoms with Crippen molar-refractivity contribution >= 4 is 0 Å². The number of hydrogen-bond donors (Lipinski definition) is 0. The van der Waals surface area contributed by atoms with Gasteiger partial charge in [-0.1, -0.05) is 18.1 Å². The lowest BCUT2D eigenvalue weighted by Gasteiger charge is -2.06. The summed E-state index contributed by atoms with van der Waals surface area (Å²) in [6, 6.07) is 8.47. The minimum Gasteiger partial charge on any atom is -0.497 e. The van der Waals surface area contributed by atoms with Crippen LogP contribution >= 0.6 is 0 Å². The molecule has 0 N–H and O–H groups in total. The Labute approximate surface area is 107 Å². The highest BCUT2D eigenvalue weighted by molar-refractivity contribution is 5.58. The molecule has 1 aliphatic rings. The van der Waals surface area contributed by atoms with Crippen molar-refractivity contribution in [2.75, 3.05) is 7.11 Å². The zero-order valence-electron chi connectivity index (χ0n) is 10.5. The Morgan fingerprint density at radius 1 is 1.17 bits per heavy atom. The second-order valence-electron chi connectivity index (χ2n) is 4.75. The summed E-state index contributed by atoms with van der Waals surface area (Å²) in [7, 11) is 1.67. The van der Waals surface area contributed by atoms with Crippen LogP contribution in [0.5, 0.6) is 5.75 Å². The maximum atomic E-state index is 5.15. The van der Waals surface area contributed by atoms with E-state index >= 15 is 0 Å². The first-order valence-corrected chi connectivity index (χ1v) is 6.43. The number of nitrogens with zero attached hydrogens (tertiary/aromatic N) is 3. The molecule has 2 aromatic rings. The van der Waals surface area contributed by atoms with Gasteiger partial charge in [0.1, 0.15) is 11.4 Å². The molecule has 1 saturated carbocycles. The van der Waals surface area contributed by atoms with Gasteiger partial charge in [0, 0.05) is 5.56 Å². The van der Waals surface area contributed by atoms with Crippen LogP contribution in [0.25, 0.3) is 11.3 Å². The molecular formula is C14H17N3O. The summed E-state index contributed by atoms with van der Waals surface area (Å²) < 4.78 is 7.17. The monoisotopic (exact) mass is 243 g/mol. The maximum absolute atomic E-state index is 5.15. The number of ether oxygens (including phenoxy) is 1. The predicted molar refractivity (Wildman–Crippen MR) is 69.5 cm³/mol. The van der Waals surface area contributed by atoms with Crippen molar-refractivity contribution in [3.63, 3.8) is 0 Å². The Kier molecular flexibility index (Phi) is 3.00. The standard InChI is InChI=1S/C14H17N3O/c1-18-13-8-6-11(7-9-13)14-10-17(16-15-14)12-4-2-3-5-12/h6-10,12H,2-5H2,1H3. The molecule has 0 saturated heterocycles. The number of hydrogen-bond acceptors (Lipinski definition) is 3. The maximum Gasteiger partial charge on any atom is 0.118 e. The van der Waals surface area contributed by atoms with E-state index in [0.29, 0.717) is 6.04 Å². The van der Waals surface area contributed by atoms with Crippen molar-refractivity contribution in [2.45, 2.75) is 31.7 Å². The van der Waals surface area contributed by atoms with Gasteiger partial charge in [-0.05, 0) is 37.1 Å². The number of methoxy groups -OCH3 is 1. The van der Waals surface area contributed by atoms with E-state index in [4.69, 9.17) is 4.74 Å². The molecule has 94 valence electrons. The highest BCUT2D eigenvalue weighted by Gasteiger charge is 2.18. The Balaban J connectivity index is 1.82. The molecular weight excluding hydrogens is 226 g/mol. The van der Waals surface area contributed by atoms with Gasteiger partial charge in [-0.3, -0.25) is 0 Å². The summed E-state index contributed by atoms with van der Waals surface area (Å²) in [6.45, 7) is 0. The van der Waals surface area contributed by atoms with Crippen LogP contribution in [-0.4, -0.2) is 22.1 Å². The van der Waals surface area contributed by atoms with Crippen LogP contribution in [0.1, 0.15) is 31.7 Å². The van der Waals surface area contributed by atoms with Crippen LogP contribution in [0.2, 0.25) is 0 Å². The summed E-state index contributed by atoms with van der Waals surface area (Å²) in [4.78, 5) is 0. The van der Waals surface area contributed by atoms with E-state index in [1.807, 2.05) is 28.9 Å². The summed E-state index contributed by atoms with van der Waals surface area (Å²) in [5.41, 5.74) is 2.02. The SMILES string of the molecule is COc1ccc(-c2cn(C3CCCC3)nn2)cc1. The van der Waals surface area contributed by atoms with E-state index in [-0.39, 0.29) is 0 Å². The lowest BCUT2D eigenvalue weighted by Crippen LogP contribution is -2.04. The van der Waals surface area contributed by atoms with E-state index in [2.05, 4.69) is 16.5 Å². The van der Waals surface area contributed by atoms with E-state index in [9.17, 15) is 0 Å². The van der Waals surface area contributed by atoms with Gasteiger partial charge < -0.3 is 4.74 Å². The summed E-state index contributed by atoms with van der Waals surface area (Å²) in [5, 5.41) is 8.51. The molecule has 1 heterocycles. The van der Waals surface area contributed by atoms with Crippen LogP contribution < -0.4 is 4.74 Å². The third-order valence-electron chi connectivity index (χ3n) is 3.59. The molecule has 0 atom stereocenters. The van der Waals surface area contributed by atoms with E-state index in [1.165, 1.54) is 25.7 Å². The minimum absolute atomic E-state index is 0.546. The fourth-order valence-electron chi connectivity index (χ4n) is 2.52. The first kappa shape index (κ1) is 11.3. The Bertz CT molecular complexity index is 512. The highest BCUT2D eigenvalue weighted by Crippen LogP contribution is 2.29. The largest absolute Gasteiger partial charge is 0.497 e. The molecule has 4 nitrogen and oxygen atoms in total. The number of aromatic nitrogens is 3. The molecule has 1 aromatic heterocycles. The third kappa shape index (κ3) is 2.10. The van der Waals surface area contributed by atoms with Crippen molar-refractivity contribution < 1.29 is 4.74 Å². The van der Waals surface area contributed by atoms with Crippen molar-refractivity contribution in [1.29, 1.82) is 0 Å². The molecule has 4 heteroatoms. The summed E-state index contributed by atoms with van der Waals surface area (Å²) in [5.74, 6) is 0.863. The molecule has 0 aliphatic heterocycles.